The Morgan fingerprint density at radius 1 is 0.561 bits per heavy atom. The number of fused-ring (bicyclic) bond motifs is 3. The number of rotatable bonds is 19. The lowest BCUT2D eigenvalue weighted by molar-refractivity contribution is 0.0884. The molecule has 6 aromatic heterocycles. The van der Waals surface area contributed by atoms with Crippen molar-refractivity contribution in [2.45, 2.75) is 156 Å². The molecule has 6 heterocycles. The van der Waals surface area contributed by atoms with Crippen molar-refractivity contribution in [1.82, 2.24) is 53.7 Å². The molecular formula is C70H77Cl3F3N15O7. The number of nitrogens with two attached hydrogens (primary N) is 3. The van der Waals surface area contributed by atoms with Gasteiger partial charge in [-0.1, -0.05) is 73.8 Å². The first-order valence-electron chi connectivity index (χ1n) is 31.9. The Balaban J connectivity index is 0.000000159. The summed E-state index contributed by atoms with van der Waals surface area (Å²) in [5.41, 5.74) is 22.8. The third-order valence-electron chi connectivity index (χ3n) is 16.6. The van der Waals surface area contributed by atoms with Crippen LogP contribution in [0.3, 0.4) is 0 Å². The maximum Gasteiger partial charge on any atom is 0.262 e. The summed E-state index contributed by atoms with van der Waals surface area (Å²) < 4.78 is 69.0. The highest BCUT2D eigenvalue weighted by molar-refractivity contribution is 6.32. The molecule has 12 rings (SSSR count). The van der Waals surface area contributed by atoms with Gasteiger partial charge in [0.1, 0.15) is 85.4 Å². The molecule has 0 radical (unpaired) electrons. The molecule has 2 saturated carbocycles. The zero-order chi connectivity index (χ0) is 71.1. The van der Waals surface area contributed by atoms with E-state index in [0.29, 0.717) is 98.1 Å². The van der Waals surface area contributed by atoms with Crippen molar-refractivity contribution in [2.75, 3.05) is 29.1 Å². The predicted molar refractivity (Wildman–Crippen MR) is 372 cm³/mol. The van der Waals surface area contributed by atoms with Crippen molar-refractivity contribution in [3.05, 3.63) is 186 Å². The molecule has 2 aliphatic rings. The highest BCUT2D eigenvalue weighted by Gasteiger charge is 2.41. The fourth-order valence-electron chi connectivity index (χ4n) is 11.5. The number of anilines is 4. The number of aryl methyl sites for hydroxylation is 3. The highest BCUT2D eigenvalue weighted by Crippen LogP contribution is 2.44. The van der Waals surface area contributed by atoms with Gasteiger partial charge in [0.05, 0.1) is 56.1 Å². The highest BCUT2D eigenvalue weighted by atomic mass is 35.5. The molecule has 28 heteroatoms. The van der Waals surface area contributed by atoms with E-state index in [1.165, 1.54) is 18.2 Å². The molecule has 22 nitrogen and oxygen atoms in total. The van der Waals surface area contributed by atoms with Crippen molar-refractivity contribution < 1.29 is 46.9 Å². The number of amides is 3. The molecule has 10 aromatic rings. The number of nitrogen functional groups attached to an aromatic ring is 3. The van der Waals surface area contributed by atoms with Gasteiger partial charge >= 0.3 is 0 Å². The van der Waals surface area contributed by atoms with E-state index in [9.17, 15) is 19.5 Å². The van der Waals surface area contributed by atoms with Gasteiger partial charge < -0.3 is 52.5 Å². The van der Waals surface area contributed by atoms with Crippen LogP contribution in [0.4, 0.5) is 36.3 Å². The van der Waals surface area contributed by atoms with Crippen LogP contribution in [0.1, 0.15) is 188 Å². The van der Waals surface area contributed by atoms with E-state index < -0.39 is 52.6 Å². The third kappa shape index (κ3) is 14.9. The smallest absolute Gasteiger partial charge is 0.262 e. The number of nitrogens with one attached hydrogen (secondary N) is 3. The van der Waals surface area contributed by atoms with Crippen molar-refractivity contribution >= 4 is 92.2 Å². The van der Waals surface area contributed by atoms with Crippen molar-refractivity contribution in [3.8, 4) is 17.2 Å². The Kier molecular flexibility index (Phi) is 21.1. The minimum atomic E-state index is -0.930. The second kappa shape index (κ2) is 28.9. The molecule has 2 aliphatic carbocycles. The van der Waals surface area contributed by atoms with Gasteiger partial charge in [0.15, 0.2) is 17.5 Å². The maximum absolute atomic E-state index is 15.3. The second-order valence-electron chi connectivity index (χ2n) is 25.3. The molecule has 0 spiro atoms. The quantitative estimate of drug-likeness (QED) is 0.0396. The van der Waals surface area contributed by atoms with Gasteiger partial charge in [-0.2, -0.15) is 0 Å². The first kappa shape index (κ1) is 71.3. The van der Waals surface area contributed by atoms with Crippen LogP contribution < -0.4 is 47.4 Å². The van der Waals surface area contributed by atoms with Crippen molar-refractivity contribution in [3.63, 3.8) is 0 Å². The molecule has 0 bridgehead atoms. The molecular weight excluding hydrogens is 1330 g/mol. The number of halogens is 6. The Labute approximate surface area is 578 Å². The largest absolute Gasteiger partial charge is 0.490 e. The number of carbonyl (C=O) groups is 3. The number of carbonyl (C=O) groups excluding carboxylic acids is 3. The molecule has 2 fully saturated rings. The van der Waals surface area contributed by atoms with Crippen LogP contribution in [0.25, 0.3) is 16.6 Å². The Morgan fingerprint density at radius 2 is 0.898 bits per heavy atom. The van der Waals surface area contributed by atoms with Gasteiger partial charge in [-0.25, -0.2) is 43.1 Å². The standard InChI is InChI=1S/C25H25ClFN5O2.C23H27ClFN5O3.C22H25ClFN5O2/c1-13(2)34-22-17(14(3)24-30-15(4)21-23(28)29-10-11-32(21)24)12-18(26)20(27)19(22)25(33)31-16-8-6-5-7-9-16;1-11(2)33-19-14(12(3)21-29-13(4)18-20(26)27-7-8-30(18)21)9-15(24)17(25)16(19)22(31)28-10-23(32)5-6-23;1-10(2)31-19-14(9-15(23)17(24)16(19)22(30)28-13-5-6-13)11(3)21-27-12(4)18-20(25)26-7-8-29(18)21/h5-14H,1-4H3,(H2,28,29)(H,31,33);7-9,11-12,32H,5-6,10H2,1-4H3,(H2,26,27)(H,28,31);7-11,13H,5-6H2,1-4H3,(H2,25,26)(H,28,30). The zero-order valence-corrected chi connectivity index (χ0v) is 58.3. The fraction of sp³-hybridized carbons (Fsp3) is 0.357. The van der Waals surface area contributed by atoms with Crippen molar-refractivity contribution in [1.29, 1.82) is 0 Å². The third-order valence-corrected chi connectivity index (χ3v) is 17.4. The van der Waals surface area contributed by atoms with Crippen LogP contribution in [0.5, 0.6) is 17.2 Å². The van der Waals surface area contributed by atoms with E-state index in [4.69, 9.17) is 71.2 Å². The van der Waals surface area contributed by atoms with Gasteiger partial charge in [-0.15, -0.1) is 0 Å². The van der Waals surface area contributed by atoms with Gasteiger partial charge in [0, 0.05) is 89.9 Å². The van der Waals surface area contributed by atoms with Crippen LogP contribution in [-0.4, -0.2) is 102 Å². The Hall–Kier alpha value is -9.43. The lowest BCUT2D eigenvalue weighted by atomic mass is 9.95. The number of nitrogens with zero attached hydrogens (tertiary/aromatic N) is 9. The molecule has 0 saturated heterocycles. The molecule has 3 amide bonds. The average molecular weight is 1400 g/mol. The number of para-hydroxylation sites is 1. The number of aromatic nitrogens is 9. The summed E-state index contributed by atoms with van der Waals surface area (Å²) >= 11 is 18.8. The molecule has 10 N–H and O–H groups in total. The number of benzene rings is 4. The topological polar surface area (TPSA) is 304 Å². The number of imidazole rings is 3. The van der Waals surface area contributed by atoms with E-state index in [-0.39, 0.29) is 85.8 Å². The number of ether oxygens (including phenoxy) is 3. The summed E-state index contributed by atoms with van der Waals surface area (Å²) in [6, 6.07) is 13.3. The van der Waals surface area contributed by atoms with Crippen LogP contribution in [0.15, 0.2) is 85.7 Å². The molecule has 3 atom stereocenters. The second-order valence-corrected chi connectivity index (χ2v) is 26.5. The first-order valence-corrected chi connectivity index (χ1v) is 33.0. The Morgan fingerprint density at radius 3 is 1.22 bits per heavy atom. The fourth-order valence-corrected chi connectivity index (χ4v) is 12.2. The van der Waals surface area contributed by atoms with Crippen LogP contribution in [0.2, 0.25) is 15.1 Å². The van der Waals surface area contributed by atoms with E-state index >= 15 is 13.2 Å². The molecule has 98 heavy (non-hydrogen) atoms. The molecule has 516 valence electrons. The van der Waals surface area contributed by atoms with E-state index in [1.807, 2.05) is 74.7 Å². The SMILES string of the molecule is Cc1nc(C(C)c2cc(Cl)c(F)c(C(=O)NC3CC3)c2OC(C)C)n2ccnc(N)c12.Cc1nc(C(C)c2cc(Cl)c(F)c(C(=O)NCC3(O)CC3)c2OC(C)C)n2ccnc(N)c12.Cc1nc(C(C)c2cc(Cl)c(F)c(C(=O)Nc3ccccc3)c2OC(C)C)n2ccnc(N)c12. The van der Waals surface area contributed by atoms with Gasteiger partial charge in [-0.05, 0) is 118 Å². The number of aliphatic hydroxyl groups is 1. The van der Waals surface area contributed by atoms with E-state index in [0.717, 1.165) is 18.5 Å². The van der Waals surface area contributed by atoms with E-state index in [2.05, 4.69) is 40.9 Å². The van der Waals surface area contributed by atoms with Gasteiger partial charge in [-0.3, -0.25) is 27.6 Å². The Bertz CT molecular complexity index is 4710. The van der Waals surface area contributed by atoms with Crippen LogP contribution in [0, 0.1) is 38.2 Å². The number of hydrogen-bond acceptors (Lipinski definition) is 16. The molecule has 4 aromatic carbocycles. The van der Waals surface area contributed by atoms with Crippen LogP contribution in [-0.2, 0) is 0 Å². The van der Waals surface area contributed by atoms with E-state index in [1.54, 1.807) is 89.1 Å². The van der Waals surface area contributed by atoms with Crippen molar-refractivity contribution in [2.24, 2.45) is 0 Å². The molecule has 0 aliphatic heterocycles. The lowest BCUT2D eigenvalue weighted by Gasteiger charge is -2.23. The average Bonchev–Trinajstić information content (AvgIpc) is 1.44. The maximum atomic E-state index is 15.3. The predicted octanol–water partition coefficient (Wildman–Crippen LogP) is 13.5. The summed E-state index contributed by atoms with van der Waals surface area (Å²) in [4.78, 5) is 65.6. The van der Waals surface area contributed by atoms with Crippen LogP contribution >= 0.6 is 34.8 Å². The van der Waals surface area contributed by atoms with Gasteiger partial charge in [0.25, 0.3) is 17.7 Å². The van der Waals surface area contributed by atoms with Gasteiger partial charge in [0.2, 0.25) is 0 Å². The monoisotopic (exact) mass is 1400 g/mol. The summed E-state index contributed by atoms with van der Waals surface area (Å²) in [7, 11) is 0. The molecule has 3 unspecified atom stereocenters. The summed E-state index contributed by atoms with van der Waals surface area (Å²) in [6.07, 6.45) is 12.0. The zero-order valence-electron chi connectivity index (χ0n) is 56.1. The minimum absolute atomic E-state index is 0.0279. The minimum Gasteiger partial charge on any atom is -0.490 e. The summed E-state index contributed by atoms with van der Waals surface area (Å²) in [6.45, 7) is 22.1. The normalized spacial score (nSPS) is 14.2. The first-order chi connectivity index (χ1) is 46.4. The summed E-state index contributed by atoms with van der Waals surface area (Å²) in [5.74, 6) is -2.25. The summed E-state index contributed by atoms with van der Waals surface area (Å²) in [5, 5.41) is 17.7. The number of hydrogen-bond donors (Lipinski definition) is 7. The lowest BCUT2D eigenvalue weighted by Crippen LogP contribution is -2.34.